The Morgan fingerprint density at radius 1 is 1.02 bits per heavy atom. The van der Waals surface area contributed by atoms with Crippen molar-refractivity contribution in [3.05, 3.63) is 94.6 Å². The fourth-order valence-corrected chi connectivity index (χ4v) is 6.08. The van der Waals surface area contributed by atoms with Gasteiger partial charge in [-0.1, -0.05) is 36.4 Å². The van der Waals surface area contributed by atoms with Gasteiger partial charge in [0.25, 0.3) is 11.7 Å². The lowest BCUT2D eigenvalue weighted by Crippen LogP contribution is -3.14. The predicted molar refractivity (Wildman–Crippen MR) is 159 cm³/mol. The molecule has 0 unspecified atom stereocenters. The van der Waals surface area contributed by atoms with Crippen LogP contribution in [0.15, 0.2) is 72.3 Å². The molecule has 9 heteroatoms. The number of Topliss-reactive ketones (excluding diaryl/α,β-unsaturated/α-hetero) is 1. The van der Waals surface area contributed by atoms with Gasteiger partial charge in [0.2, 0.25) is 0 Å². The number of methoxy groups -OCH3 is 1. The number of morpholine rings is 1. The van der Waals surface area contributed by atoms with E-state index in [0.717, 1.165) is 30.0 Å². The molecule has 0 bridgehead atoms. The smallest absolute Gasteiger partial charge is 0.295 e. The second-order valence-electron chi connectivity index (χ2n) is 11.2. The number of hydrogen-bond donors (Lipinski definition) is 2. The number of benzene rings is 3. The fraction of sp³-hybridized carbons (Fsp3) is 0.353. The van der Waals surface area contributed by atoms with Crippen molar-refractivity contribution in [2.24, 2.45) is 0 Å². The first-order valence-electron chi connectivity index (χ1n) is 14.8. The van der Waals surface area contributed by atoms with E-state index in [1.165, 1.54) is 4.90 Å². The molecule has 1 amide bonds. The lowest BCUT2D eigenvalue weighted by Gasteiger charge is -2.29. The van der Waals surface area contributed by atoms with E-state index in [9.17, 15) is 14.7 Å². The number of carbonyl (C=O) groups excluding carboxylic acids is 2. The largest absolute Gasteiger partial charge is 0.507 e. The van der Waals surface area contributed by atoms with Crippen LogP contribution >= 0.6 is 0 Å². The normalized spacial score (nSPS) is 21.5. The van der Waals surface area contributed by atoms with E-state index in [4.69, 9.17) is 18.9 Å². The highest BCUT2D eigenvalue weighted by Gasteiger charge is 2.46. The van der Waals surface area contributed by atoms with E-state index >= 15 is 0 Å². The molecular formula is C34H37N2O7+. The van der Waals surface area contributed by atoms with Crippen LogP contribution in [-0.4, -0.2) is 74.3 Å². The molecule has 224 valence electrons. The van der Waals surface area contributed by atoms with E-state index in [2.05, 4.69) is 0 Å². The van der Waals surface area contributed by atoms with Crippen molar-refractivity contribution in [2.45, 2.75) is 32.1 Å². The Labute approximate surface area is 251 Å². The number of rotatable bonds is 9. The van der Waals surface area contributed by atoms with Gasteiger partial charge in [0.1, 0.15) is 37.3 Å². The molecule has 3 aliphatic rings. The summed E-state index contributed by atoms with van der Waals surface area (Å²) in [6.07, 6.45) is 0.744. The molecule has 6 rings (SSSR count). The third kappa shape index (κ3) is 5.96. The van der Waals surface area contributed by atoms with Crippen LogP contribution in [0.3, 0.4) is 0 Å². The summed E-state index contributed by atoms with van der Waals surface area (Å²) >= 11 is 0. The summed E-state index contributed by atoms with van der Waals surface area (Å²) < 4.78 is 23.1. The van der Waals surface area contributed by atoms with Gasteiger partial charge in [-0.25, -0.2) is 0 Å². The number of ketones is 1. The van der Waals surface area contributed by atoms with E-state index in [1.54, 1.807) is 30.2 Å². The molecule has 3 heterocycles. The van der Waals surface area contributed by atoms with E-state index in [-0.39, 0.29) is 17.4 Å². The molecule has 3 aromatic rings. The molecule has 43 heavy (non-hydrogen) atoms. The number of aliphatic hydroxyl groups excluding tert-OH is 1. The molecule has 2 saturated heterocycles. The zero-order chi connectivity index (χ0) is 29.9. The maximum absolute atomic E-state index is 13.6. The second kappa shape index (κ2) is 12.5. The summed E-state index contributed by atoms with van der Waals surface area (Å²) in [5.41, 5.74) is 3.17. The molecule has 0 radical (unpaired) electrons. The number of aliphatic hydroxyl groups is 1. The van der Waals surface area contributed by atoms with Crippen molar-refractivity contribution in [3.63, 3.8) is 0 Å². The van der Waals surface area contributed by atoms with Gasteiger partial charge in [0.15, 0.2) is 11.5 Å². The summed E-state index contributed by atoms with van der Waals surface area (Å²) in [6.45, 7) is 6.37. The van der Waals surface area contributed by atoms with Crippen molar-refractivity contribution in [2.75, 3.05) is 46.5 Å². The Bertz CT molecular complexity index is 1530. The van der Waals surface area contributed by atoms with Gasteiger partial charge < -0.3 is 33.9 Å². The zero-order valence-electron chi connectivity index (χ0n) is 24.5. The minimum absolute atomic E-state index is 0.0377. The van der Waals surface area contributed by atoms with Gasteiger partial charge in [-0.2, -0.15) is 0 Å². The topological polar surface area (TPSA) is 99.0 Å². The minimum atomic E-state index is -0.791. The lowest BCUT2D eigenvalue weighted by molar-refractivity contribution is -0.907. The first-order valence-corrected chi connectivity index (χ1v) is 14.8. The molecule has 0 saturated carbocycles. The fourth-order valence-electron chi connectivity index (χ4n) is 6.08. The highest BCUT2D eigenvalue weighted by atomic mass is 16.5. The number of amides is 1. The maximum atomic E-state index is 13.6. The van der Waals surface area contributed by atoms with E-state index in [0.29, 0.717) is 62.0 Å². The molecular weight excluding hydrogens is 548 g/mol. The minimum Gasteiger partial charge on any atom is -0.507 e. The van der Waals surface area contributed by atoms with Crippen LogP contribution in [-0.2, 0) is 27.4 Å². The predicted octanol–water partition coefficient (Wildman–Crippen LogP) is 2.93. The monoisotopic (exact) mass is 585 g/mol. The molecule has 3 aliphatic heterocycles. The van der Waals surface area contributed by atoms with Gasteiger partial charge in [0, 0.05) is 12.0 Å². The van der Waals surface area contributed by atoms with Gasteiger partial charge in [0.05, 0.1) is 45.0 Å². The zero-order valence-corrected chi connectivity index (χ0v) is 24.5. The van der Waals surface area contributed by atoms with Gasteiger partial charge in [-0.05, 0) is 53.9 Å². The average molecular weight is 586 g/mol. The number of likely N-dealkylation sites (tertiary alicyclic amines) is 1. The third-order valence-electron chi connectivity index (χ3n) is 8.36. The molecule has 2 fully saturated rings. The first kappa shape index (κ1) is 28.8. The van der Waals surface area contributed by atoms with Crippen molar-refractivity contribution < 1.29 is 38.5 Å². The van der Waals surface area contributed by atoms with Gasteiger partial charge in [-0.15, -0.1) is 0 Å². The molecule has 2 N–H and O–H groups in total. The molecule has 0 aromatic heterocycles. The number of hydrogen-bond acceptors (Lipinski definition) is 7. The molecule has 2 atom stereocenters. The van der Waals surface area contributed by atoms with E-state index < -0.39 is 17.7 Å². The summed E-state index contributed by atoms with van der Waals surface area (Å²) in [5, 5.41) is 11.6. The number of carbonyl (C=O) groups is 2. The van der Waals surface area contributed by atoms with E-state index in [1.807, 2.05) is 55.5 Å². The maximum Gasteiger partial charge on any atom is 0.295 e. The standard InChI is InChI=1S/C34H36N2O7/c1-22-18-26-19-25(9-10-27(26)43-22)32(37)30-31(36(34(39)33(30)38)13-12-35-14-16-41-17-15-35)24-8-11-28(29(20-24)40-2)42-21-23-6-4-3-5-7-23/h3-11,19-20,22,31,37H,12-18,21H2,1-2H3/p+1/t22-,31+/m0/s1. The Morgan fingerprint density at radius 3 is 2.58 bits per heavy atom. The highest BCUT2D eigenvalue weighted by molar-refractivity contribution is 6.46. The Kier molecular flexibility index (Phi) is 8.35. The summed E-state index contributed by atoms with van der Waals surface area (Å²) in [6, 6.07) is 19.8. The molecule has 0 spiro atoms. The first-order chi connectivity index (χ1) is 20.9. The Hall–Kier alpha value is -4.34. The van der Waals surface area contributed by atoms with Crippen molar-refractivity contribution in [3.8, 4) is 17.2 Å². The number of quaternary nitrogens is 1. The van der Waals surface area contributed by atoms with Gasteiger partial charge >= 0.3 is 0 Å². The molecule has 3 aromatic carbocycles. The average Bonchev–Trinajstić information content (AvgIpc) is 3.54. The van der Waals surface area contributed by atoms with Crippen LogP contribution in [0.2, 0.25) is 0 Å². The third-order valence-corrected chi connectivity index (χ3v) is 8.36. The summed E-state index contributed by atoms with van der Waals surface area (Å²) in [5.74, 6) is 0.258. The van der Waals surface area contributed by atoms with Crippen LogP contribution in [0.25, 0.3) is 5.76 Å². The van der Waals surface area contributed by atoms with Crippen molar-refractivity contribution in [1.29, 1.82) is 0 Å². The highest BCUT2D eigenvalue weighted by Crippen LogP contribution is 2.42. The molecule has 0 aliphatic carbocycles. The van der Waals surface area contributed by atoms with Crippen LogP contribution in [0.1, 0.15) is 35.2 Å². The Balaban J connectivity index is 1.36. The van der Waals surface area contributed by atoms with Crippen LogP contribution in [0, 0.1) is 0 Å². The van der Waals surface area contributed by atoms with Crippen LogP contribution < -0.4 is 19.1 Å². The number of nitrogens with zero attached hydrogens (tertiary/aromatic N) is 1. The van der Waals surface area contributed by atoms with Crippen LogP contribution in [0.5, 0.6) is 17.2 Å². The summed E-state index contributed by atoms with van der Waals surface area (Å²) in [4.78, 5) is 30.0. The number of ether oxygens (including phenoxy) is 4. The van der Waals surface area contributed by atoms with Crippen molar-refractivity contribution in [1.82, 2.24) is 4.90 Å². The van der Waals surface area contributed by atoms with Gasteiger partial charge in [-0.3, -0.25) is 9.59 Å². The summed E-state index contributed by atoms with van der Waals surface area (Å²) in [7, 11) is 1.56. The van der Waals surface area contributed by atoms with Crippen LogP contribution in [0.4, 0.5) is 0 Å². The number of nitrogens with one attached hydrogen (secondary N) is 1. The quantitative estimate of drug-likeness (QED) is 0.226. The molecule has 9 nitrogen and oxygen atoms in total. The van der Waals surface area contributed by atoms with Crippen molar-refractivity contribution >= 4 is 17.4 Å². The second-order valence-corrected chi connectivity index (χ2v) is 11.2. The lowest BCUT2D eigenvalue weighted by atomic mass is 9.94. The SMILES string of the molecule is COc1cc([C@@H]2C(=C(O)c3ccc4c(c3)C[C@H](C)O4)C(=O)C(=O)N2CC[NH+]2CCOCC2)ccc1OCc1ccccc1. The number of fused-ring (bicyclic) bond motifs is 1. The Morgan fingerprint density at radius 2 is 1.81 bits per heavy atom.